The standard InChI is InChI=1S/C22H34N4O3S/c1-14(2)23-19(27)8-16-10-26(11-20-24-15(3)13-30-20)17-12-29-18(22(16)17)9-21(28)25-6-4-5-7-25/h13-14,16-18,22H,4-12H2,1-3H3,(H,23,27)/t16-,17-,18+,22-/m1/s1. The Morgan fingerprint density at radius 3 is 2.73 bits per heavy atom. The summed E-state index contributed by atoms with van der Waals surface area (Å²) in [4.78, 5) is 34.4. The van der Waals surface area contributed by atoms with Crippen molar-refractivity contribution >= 4 is 23.2 Å². The van der Waals surface area contributed by atoms with Crippen LogP contribution in [0, 0.1) is 18.8 Å². The van der Waals surface area contributed by atoms with Crippen molar-refractivity contribution < 1.29 is 14.3 Å². The second kappa shape index (κ2) is 9.32. The van der Waals surface area contributed by atoms with Crippen molar-refractivity contribution in [3.05, 3.63) is 16.1 Å². The number of amides is 2. The molecule has 2 amide bonds. The molecule has 0 saturated carbocycles. The van der Waals surface area contributed by atoms with Gasteiger partial charge >= 0.3 is 0 Å². The molecule has 1 aromatic heterocycles. The average molecular weight is 435 g/mol. The van der Waals surface area contributed by atoms with Gasteiger partial charge in [-0.05, 0) is 39.5 Å². The molecule has 30 heavy (non-hydrogen) atoms. The summed E-state index contributed by atoms with van der Waals surface area (Å²) in [6.07, 6.45) is 3.03. The molecule has 3 saturated heterocycles. The van der Waals surface area contributed by atoms with Crippen LogP contribution < -0.4 is 5.32 Å². The van der Waals surface area contributed by atoms with E-state index in [2.05, 4.69) is 20.6 Å². The minimum atomic E-state index is -0.0945. The number of hydrogen-bond acceptors (Lipinski definition) is 6. The van der Waals surface area contributed by atoms with Gasteiger partial charge in [0.1, 0.15) is 5.01 Å². The van der Waals surface area contributed by atoms with Crippen molar-refractivity contribution in [3.63, 3.8) is 0 Å². The first-order valence-electron chi connectivity index (χ1n) is 11.2. The van der Waals surface area contributed by atoms with Gasteiger partial charge in [-0.25, -0.2) is 4.98 Å². The highest BCUT2D eigenvalue weighted by molar-refractivity contribution is 7.09. The lowest BCUT2D eigenvalue weighted by molar-refractivity contribution is -0.133. The summed E-state index contributed by atoms with van der Waals surface area (Å²) in [5, 5.41) is 6.22. The number of hydrogen-bond donors (Lipinski definition) is 1. The van der Waals surface area contributed by atoms with E-state index in [0.717, 1.165) is 49.7 Å². The molecular weight excluding hydrogens is 400 g/mol. The number of aryl methyl sites for hydroxylation is 1. The maximum absolute atomic E-state index is 12.8. The molecule has 0 aromatic carbocycles. The third-order valence-electron chi connectivity index (χ3n) is 6.57. The Bertz CT molecular complexity index is 761. The van der Waals surface area contributed by atoms with E-state index >= 15 is 0 Å². The van der Waals surface area contributed by atoms with Crippen molar-refractivity contribution in [3.8, 4) is 0 Å². The predicted molar refractivity (Wildman–Crippen MR) is 116 cm³/mol. The summed E-state index contributed by atoms with van der Waals surface area (Å²) in [6.45, 7) is 10.0. The third kappa shape index (κ3) is 4.86. The topological polar surface area (TPSA) is 74.8 Å². The second-order valence-corrected chi connectivity index (χ2v) is 10.2. The number of nitrogens with zero attached hydrogens (tertiary/aromatic N) is 3. The number of rotatable bonds is 7. The molecule has 4 heterocycles. The van der Waals surface area contributed by atoms with Gasteiger partial charge in [0.25, 0.3) is 0 Å². The maximum Gasteiger partial charge on any atom is 0.225 e. The summed E-state index contributed by atoms with van der Waals surface area (Å²) in [5.41, 5.74) is 1.05. The molecule has 3 aliphatic heterocycles. The fourth-order valence-corrected chi connectivity index (χ4v) is 6.13. The number of ether oxygens (including phenoxy) is 1. The zero-order chi connectivity index (χ0) is 21.3. The Kier molecular flexibility index (Phi) is 6.75. The van der Waals surface area contributed by atoms with Gasteiger partial charge in [0.15, 0.2) is 0 Å². The highest BCUT2D eigenvalue weighted by Crippen LogP contribution is 2.42. The smallest absolute Gasteiger partial charge is 0.225 e. The van der Waals surface area contributed by atoms with Crippen LogP contribution >= 0.6 is 11.3 Å². The molecule has 4 atom stereocenters. The molecule has 3 fully saturated rings. The molecule has 4 rings (SSSR count). The summed E-state index contributed by atoms with van der Waals surface area (Å²) in [5.74, 6) is 0.721. The van der Waals surface area contributed by atoms with Crippen LogP contribution in [0.5, 0.6) is 0 Å². The van der Waals surface area contributed by atoms with Crippen LogP contribution in [-0.2, 0) is 20.9 Å². The van der Waals surface area contributed by atoms with E-state index in [1.807, 2.05) is 25.7 Å². The summed E-state index contributed by atoms with van der Waals surface area (Å²) >= 11 is 1.69. The number of aromatic nitrogens is 1. The van der Waals surface area contributed by atoms with Gasteiger partial charge in [0.05, 0.1) is 25.7 Å². The van der Waals surface area contributed by atoms with Crippen LogP contribution in [0.15, 0.2) is 5.38 Å². The lowest BCUT2D eigenvalue weighted by Gasteiger charge is -2.25. The number of nitrogens with one attached hydrogen (secondary N) is 1. The van der Waals surface area contributed by atoms with Gasteiger partial charge in [-0.3, -0.25) is 14.5 Å². The normalized spacial score (nSPS) is 29.0. The van der Waals surface area contributed by atoms with Crippen molar-refractivity contribution in [2.24, 2.45) is 11.8 Å². The van der Waals surface area contributed by atoms with Crippen LogP contribution in [-0.4, -0.2) is 71.0 Å². The van der Waals surface area contributed by atoms with E-state index in [1.165, 1.54) is 0 Å². The Balaban J connectivity index is 1.46. The maximum atomic E-state index is 12.8. The summed E-state index contributed by atoms with van der Waals surface area (Å²) in [6, 6.07) is 0.388. The zero-order valence-electron chi connectivity index (χ0n) is 18.3. The monoisotopic (exact) mass is 434 g/mol. The first kappa shape index (κ1) is 21.7. The molecule has 0 spiro atoms. The fraction of sp³-hybridized carbons (Fsp3) is 0.773. The van der Waals surface area contributed by atoms with E-state index in [1.54, 1.807) is 11.3 Å². The predicted octanol–water partition coefficient (Wildman–Crippen LogP) is 2.19. The molecule has 0 aliphatic carbocycles. The van der Waals surface area contributed by atoms with Crippen LogP contribution in [0.1, 0.15) is 50.2 Å². The molecule has 3 aliphatic rings. The molecule has 1 N–H and O–H groups in total. The molecule has 0 bridgehead atoms. The van der Waals surface area contributed by atoms with Gasteiger partial charge in [-0.2, -0.15) is 0 Å². The quantitative estimate of drug-likeness (QED) is 0.712. The molecule has 0 unspecified atom stereocenters. The minimum Gasteiger partial charge on any atom is -0.376 e. The molecule has 1 aromatic rings. The first-order valence-corrected chi connectivity index (χ1v) is 12.1. The fourth-order valence-electron chi connectivity index (χ4n) is 5.33. The van der Waals surface area contributed by atoms with E-state index in [-0.39, 0.29) is 41.8 Å². The van der Waals surface area contributed by atoms with Crippen molar-refractivity contribution in [2.45, 2.75) is 71.2 Å². The lowest BCUT2D eigenvalue weighted by atomic mass is 9.84. The molecule has 7 nitrogen and oxygen atoms in total. The Labute approximate surface area is 183 Å². The van der Waals surface area contributed by atoms with E-state index in [9.17, 15) is 9.59 Å². The number of fused-ring (bicyclic) bond motifs is 1. The average Bonchev–Trinajstić information content (AvgIpc) is 3.43. The van der Waals surface area contributed by atoms with Crippen LogP contribution in [0.3, 0.4) is 0 Å². The number of thiazole rings is 1. The van der Waals surface area contributed by atoms with Crippen LogP contribution in [0.4, 0.5) is 0 Å². The summed E-state index contributed by atoms with van der Waals surface area (Å²) < 4.78 is 6.18. The van der Waals surface area contributed by atoms with Gasteiger partial charge in [0, 0.05) is 55.1 Å². The van der Waals surface area contributed by atoms with E-state index in [0.29, 0.717) is 19.4 Å². The van der Waals surface area contributed by atoms with Gasteiger partial charge in [-0.1, -0.05) is 0 Å². The van der Waals surface area contributed by atoms with Gasteiger partial charge < -0.3 is 15.0 Å². The molecular formula is C22H34N4O3S. The Morgan fingerprint density at radius 1 is 1.30 bits per heavy atom. The minimum absolute atomic E-state index is 0.0945. The highest BCUT2D eigenvalue weighted by Gasteiger charge is 2.51. The van der Waals surface area contributed by atoms with Crippen molar-refractivity contribution in [2.75, 3.05) is 26.2 Å². The van der Waals surface area contributed by atoms with E-state index < -0.39 is 0 Å². The van der Waals surface area contributed by atoms with Gasteiger partial charge in [0.2, 0.25) is 11.8 Å². The van der Waals surface area contributed by atoms with Gasteiger partial charge in [-0.15, -0.1) is 11.3 Å². The van der Waals surface area contributed by atoms with Crippen molar-refractivity contribution in [1.29, 1.82) is 0 Å². The molecule has 166 valence electrons. The third-order valence-corrected chi connectivity index (χ3v) is 7.53. The number of carbonyl (C=O) groups excluding carboxylic acids is 2. The zero-order valence-corrected chi connectivity index (χ0v) is 19.1. The first-order chi connectivity index (χ1) is 14.4. The van der Waals surface area contributed by atoms with Crippen LogP contribution in [0.25, 0.3) is 0 Å². The molecule has 0 radical (unpaired) electrons. The second-order valence-electron chi connectivity index (χ2n) is 9.31. The Hall–Kier alpha value is -1.51. The molecule has 8 heteroatoms. The van der Waals surface area contributed by atoms with Crippen molar-refractivity contribution in [1.82, 2.24) is 20.1 Å². The highest BCUT2D eigenvalue weighted by atomic mass is 32.1. The Morgan fingerprint density at radius 2 is 2.07 bits per heavy atom. The summed E-state index contributed by atoms with van der Waals surface area (Å²) in [7, 11) is 0. The van der Waals surface area contributed by atoms with E-state index in [4.69, 9.17) is 4.74 Å². The number of carbonyl (C=O) groups is 2. The number of likely N-dealkylation sites (tertiary alicyclic amines) is 2. The van der Waals surface area contributed by atoms with Crippen LogP contribution in [0.2, 0.25) is 0 Å². The SMILES string of the molecule is Cc1csc(CN2C[C@@H](CC(=O)NC(C)C)[C@H]3[C@H](CC(=O)N4CCCC4)OC[C@H]32)n1. The largest absolute Gasteiger partial charge is 0.376 e. The lowest BCUT2D eigenvalue weighted by Crippen LogP contribution is -2.37.